The molecule has 0 radical (unpaired) electrons. The van der Waals surface area contributed by atoms with Gasteiger partial charge in [-0.25, -0.2) is 19.2 Å². The number of carboxylic acids is 2. The van der Waals surface area contributed by atoms with Gasteiger partial charge in [0.05, 0.1) is 16.7 Å². The number of hydrogen-bond acceptors (Lipinski definition) is 13. The van der Waals surface area contributed by atoms with Crippen LogP contribution in [0.1, 0.15) is 201 Å². The molecule has 3 aromatic carbocycles. The summed E-state index contributed by atoms with van der Waals surface area (Å²) in [6.07, 6.45) is 2.98. The van der Waals surface area contributed by atoms with Gasteiger partial charge in [0.25, 0.3) is 0 Å². The maximum absolute atomic E-state index is 12.9. The number of carbonyl (C=O) groups is 9. The van der Waals surface area contributed by atoms with Crippen LogP contribution in [0, 0.1) is 34.6 Å². The van der Waals surface area contributed by atoms with Crippen LogP contribution >= 0.6 is 0 Å². The summed E-state index contributed by atoms with van der Waals surface area (Å²) < 4.78 is 10.7. The monoisotopic (exact) mass is 1130 g/mol. The van der Waals surface area contributed by atoms with E-state index in [1.807, 2.05) is 92.7 Å². The van der Waals surface area contributed by atoms with Crippen molar-refractivity contribution < 1.29 is 72.4 Å². The molecule has 0 amide bonds. The molecule has 0 bridgehead atoms. The van der Waals surface area contributed by atoms with Crippen molar-refractivity contribution in [1.82, 2.24) is 24.9 Å². The number of carbonyl (C=O) groups excluding carboxylic acids is 9. The second-order valence-electron chi connectivity index (χ2n) is 19.4. The molecule has 0 saturated heterocycles. The molecule has 0 unspecified atom stereocenters. The first-order valence-electron chi connectivity index (χ1n) is 25.8. The summed E-state index contributed by atoms with van der Waals surface area (Å²) in [4.78, 5) is 139. The average molecular weight is 1130 g/mol. The molecule has 0 spiro atoms. The molecule has 83 heavy (non-hydrogen) atoms. The number of aromatic carboxylic acids is 2. The second-order valence-corrected chi connectivity index (χ2v) is 19.4. The Kier molecular flexibility index (Phi) is 22.0. The molecule has 8 aromatic rings. The molecular formula is C63H63N5O15. The van der Waals surface area contributed by atoms with E-state index in [0.29, 0.717) is 63.3 Å². The molecule has 0 aliphatic carbocycles. The van der Waals surface area contributed by atoms with E-state index in [2.05, 4.69) is 37.1 Å². The topological polar surface area (TPSA) is 326 Å². The number of ketones is 5. The number of esters is 2. The molecule has 20 nitrogen and oxygen atoms in total. The van der Waals surface area contributed by atoms with E-state index in [0.717, 1.165) is 39.2 Å². The van der Waals surface area contributed by atoms with Gasteiger partial charge in [0, 0.05) is 65.1 Å². The lowest BCUT2D eigenvalue weighted by Crippen LogP contribution is -2.10. The molecule has 430 valence electrons. The number of rotatable bonds is 19. The van der Waals surface area contributed by atoms with Crippen LogP contribution in [0.2, 0.25) is 0 Å². The summed E-state index contributed by atoms with van der Waals surface area (Å²) in [6.45, 7) is 16.0. The van der Waals surface area contributed by atoms with Gasteiger partial charge in [-0.05, 0) is 114 Å². The number of ether oxygens (including phenoxy) is 2. The average Bonchev–Trinajstić information content (AvgIpc) is 4.32. The van der Waals surface area contributed by atoms with Crippen LogP contribution in [-0.4, -0.2) is 94.1 Å². The van der Waals surface area contributed by atoms with Crippen molar-refractivity contribution in [3.8, 4) is 0 Å². The number of benzene rings is 3. The lowest BCUT2D eigenvalue weighted by atomic mass is 10.00. The summed E-state index contributed by atoms with van der Waals surface area (Å²) in [5.41, 5.74) is 11.0. The van der Waals surface area contributed by atoms with E-state index < -0.39 is 29.7 Å². The fraction of sp³-hybridized carbons (Fsp3) is 0.238. The standard InChI is InChI=1S/C30H30N2O4.C17H18N2O6.C15H15NO3.CO2/c1-18-24(15-22-11-7-5-8-12-22)31-26(27(18)20(3)33)16-25-19(2)28(21(4)34)29(32-25)30(35)36-17-23-13-9-6-10-14-23;1-6-10(18-15(17(24)25)13(6)9(4)21)5-11-12(8(3)20)7(2)14(19-11)16(22)23;1-10-8-16-14(13(10)11(2)17)15(18)19-9-12-6-4-3-5-7-12;2-1-3/h5-14,31-32H,15-17H2,1-4H3;18-19H,5H2,1-4H3,(H,22,23)(H,24,25);3-8,16H,9H2,1-2H3;. The predicted molar refractivity (Wildman–Crippen MR) is 303 cm³/mol. The minimum Gasteiger partial charge on any atom is -0.477 e. The summed E-state index contributed by atoms with van der Waals surface area (Å²) in [5, 5.41) is 18.5. The molecule has 0 fully saturated rings. The maximum Gasteiger partial charge on any atom is 0.373 e. The highest BCUT2D eigenvalue weighted by Gasteiger charge is 2.28. The van der Waals surface area contributed by atoms with Gasteiger partial charge in [-0.1, -0.05) is 91.0 Å². The molecule has 5 heterocycles. The number of H-pyrrole nitrogens is 5. The smallest absolute Gasteiger partial charge is 0.373 e. The fourth-order valence-electron chi connectivity index (χ4n) is 9.70. The van der Waals surface area contributed by atoms with Gasteiger partial charge in [0.2, 0.25) is 0 Å². The Labute approximate surface area is 477 Å². The number of aromatic nitrogens is 5. The van der Waals surface area contributed by atoms with E-state index in [1.165, 1.54) is 34.6 Å². The van der Waals surface area contributed by atoms with E-state index >= 15 is 0 Å². The number of carboxylic acid groups (broad SMARTS) is 2. The first-order valence-corrected chi connectivity index (χ1v) is 25.8. The van der Waals surface area contributed by atoms with Crippen molar-refractivity contribution in [2.24, 2.45) is 0 Å². The molecule has 0 saturated carbocycles. The van der Waals surface area contributed by atoms with Crippen LogP contribution in [0.5, 0.6) is 0 Å². The lowest BCUT2D eigenvalue weighted by molar-refractivity contribution is -0.191. The molecule has 0 atom stereocenters. The summed E-state index contributed by atoms with van der Waals surface area (Å²) in [7, 11) is 0. The summed E-state index contributed by atoms with van der Waals surface area (Å²) in [5.74, 6) is -4.64. The molecule has 7 N–H and O–H groups in total. The molecule has 20 heteroatoms. The molecule has 0 aliphatic heterocycles. The second kappa shape index (κ2) is 28.7. The zero-order valence-corrected chi connectivity index (χ0v) is 47.5. The van der Waals surface area contributed by atoms with Gasteiger partial charge in [0.1, 0.15) is 36.0 Å². The summed E-state index contributed by atoms with van der Waals surface area (Å²) >= 11 is 0. The minimum atomic E-state index is -1.26. The molecule has 0 aliphatic rings. The van der Waals surface area contributed by atoms with Crippen LogP contribution in [0.4, 0.5) is 0 Å². The fourth-order valence-corrected chi connectivity index (χ4v) is 9.70. The van der Waals surface area contributed by atoms with Crippen molar-refractivity contribution in [1.29, 1.82) is 0 Å². The Balaban J connectivity index is 0.000000234. The van der Waals surface area contributed by atoms with Crippen molar-refractivity contribution >= 4 is 58.9 Å². The van der Waals surface area contributed by atoms with Crippen molar-refractivity contribution in [3.05, 3.63) is 221 Å². The minimum absolute atomic E-state index is 0.0310. The van der Waals surface area contributed by atoms with Gasteiger partial charge in [-0.3, -0.25) is 24.0 Å². The number of aryl methyl sites for hydroxylation is 1. The summed E-state index contributed by atoms with van der Waals surface area (Å²) in [6, 6.07) is 28.8. The first-order chi connectivity index (χ1) is 39.3. The normalized spacial score (nSPS) is 10.4. The van der Waals surface area contributed by atoms with Gasteiger partial charge in [0.15, 0.2) is 28.9 Å². The van der Waals surface area contributed by atoms with Crippen LogP contribution in [-0.2, 0) is 51.5 Å². The Hall–Kier alpha value is -10.3. The lowest BCUT2D eigenvalue weighted by Gasteiger charge is -2.05. The third-order valence-corrected chi connectivity index (χ3v) is 13.5. The Bertz CT molecular complexity index is 3770. The molecule has 5 aromatic heterocycles. The predicted octanol–water partition coefficient (Wildman–Crippen LogP) is 10.6. The SMILES string of the molecule is CC(=O)c1c(C)c[nH]c1C(=O)OCc1ccccc1.CC(=O)c1c(Cc2[nH]c(C(=O)O)c(C(C)=O)c2C)[nH]c(C(=O)O)c1C.CC(=O)c1c(Cc2[nH]c(C(=O)OCc3ccccc3)c(C(C)=O)c2C)[nH]c(Cc2ccccc2)c1C.O=C=O. The van der Waals surface area contributed by atoms with Crippen LogP contribution in [0.15, 0.2) is 97.2 Å². The van der Waals surface area contributed by atoms with E-state index in [4.69, 9.17) is 19.1 Å². The zero-order valence-electron chi connectivity index (χ0n) is 47.5. The van der Waals surface area contributed by atoms with E-state index in [1.54, 1.807) is 27.0 Å². The van der Waals surface area contributed by atoms with Crippen LogP contribution < -0.4 is 0 Å². The van der Waals surface area contributed by atoms with Crippen molar-refractivity contribution in [2.45, 2.75) is 102 Å². The van der Waals surface area contributed by atoms with Gasteiger partial charge in [-0.15, -0.1) is 0 Å². The highest BCUT2D eigenvalue weighted by Crippen LogP contribution is 2.29. The van der Waals surface area contributed by atoms with Crippen molar-refractivity contribution in [2.75, 3.05) is 0 Å². The zero-order chi connectivity index (χ0) is 61.4. The largest absolute Gasteiger partial charge is 0.477 e. The Morgan fingerprint density at radius 1 is 0.398 bits per heavy atom. The highest BCUT2D eigenvalue weighted by atomic mass is 16.5. The van der Waals surface area contributed by atoms with Crippen molar-refractivity contribution in [3.63, 3.8) is 0 Å². The maximum atomic E-state index is 12.9. The molecule has 8 rings (SSSR count). The van der Waals surface area contributed by atoms with Crippen LogP contribution in [0.3, 0.4) is 0 Å². The Morgan fingerprint density at radius 3 is 1.14 bits per heavy atom. The van der Waals surface area contributed by atoms with Gasteiger partial charge < -0.3 is 44.6 Å². The highest BCUT2D eigenvalue weighted by molar-refractivity contribution is 6.07. The third kappa shape index (κ3) is 15.7. The molecular weight excluding hydrogens is 1070 g/mol. The quantitative estimate of drug-likeness (QED) is 0.0292. The number of nitrogens with one attached hydrogen (secondary N) is 5. The third-order valence-electron chi connectivity index (χ3n) is 13.5. The Morgan fingerprint density at radius 2 is 0.735 bits per heavy atom. The van der Waals surface area contributed by atoms with Crippen LogP contribution in [0.25, 0.3) is 0 Å². The number of hydrogen-bond donors (Lipinski definition) is 7. The van der Waals surface area contributed by atoms with Gasteiger partial charge in [-0.2, -0.15) is 9.59 Å². The van der Waals surface area contributed by atoms with E-state index in [9.17, 15) is 53.4 Å². The number of aromatic amines is 5. The van der Waals surface area contributed by atoms with Gasteiger partial charge >= 0.3 is 30.0 Å². The first kappa shape index (κ1) is 63.5. The van der Waals surface area contributed by atoms with E-state index in [-0.39, 0.29) is 82.8 Å². The number of Topliss-reactive ketones (excluding diaryl/α,β-unsaturated/α-hetero) is 5.